The lowest BCUT2D eigenvalue weighted by Crippen LogP contribution is -2.39. The maximum atomic E-state index is 12.0. The van der Waals surface area contributed by atoms with Crippen LogP contribution in [0.2, 0.25) is 0 Å². The number of benzene rings is 1. The second-order valence-electron chi connectivity index (χ2n) is 5.46. The lowest BCUT2D eigenvalue weighted by molar-refractivity contribution is -0.122. The maximum Gasteiger partial charge on any atom is 0.234 e. The predicted octanol–water partition coefficient (Wildman–Crippen LogP) is 1.51. The summed E-state index contributed by atoms with van der Waals surface area (Å²) in [6.07, 6.45) is 4.56. The van der Waals surface area contributed by atoms with Crippen LogP contribution in [-0.2, 0) is 11.3 Å². The number of carbonyl (C=O) groups excluding carboxylic acids is 1. The molecule has 1 aliphatic rings. The van der Waals surface area contributed by atoms with E-state index < -0.39 is 0 Å². The molecule has 4 nitrogen and oxygen atoms in total. The second kappa shape index (κ2) is 8.02. The van der Waals surface area contributed by atoms with Crippen LogP contribution >= 0.6 is 0 Å². The number of amides is 1. The fourth-order valence-corrected chi connectivity index (χ4v) is 2.82. The quantitative estimate of drug-likeness (QED) is 0.793. The largest absolute Gasteiger partial charge is 0.351 e. The SMILES string of the molecule is NCCCC1CCCN1CC(=O)NCc1ccccc1. The molecule has 1 amide bonds. The molecule has 2 rings (SSSR count). The van der Waals surface area contributed by atoms with E-state index in [1.807, 2.05) is 30.3 Å². The van der Waals surface area contributed by atoms with Crippen LogP contribution in [-0.4, -0.2) is 36.5 Å². The summed E-state index contributed by atoms with van der Waals surface area (Å²) in [6, 6.07) is 10.6. The van der Waals surface area contributed by atoms with E-state index in [4.69, 9.17) is 5.73 Å². The molecule has 0 aliphatic carbocycles. The van der Waals surface area contributed by atoms with Gasteiger partial charge in [-0.25, -0.2) is 0 Å². The highest BCUT2D eigenvalue weighted by Crippen LogP contribution is 2.20. The summed E-state index contributed by atoms with van der Waals surface area (Å²) in [5.74, 6) is 0.119. The Hall–Kier alpha value is -1.39. The van der Waals surface area contributed by atoms with Gasteiger partial charge in [-0.3, -0.25) is 9.69 Å². The number of nitrogens with two attached hydrogens (primary N) is 1. The lowest BCUT2D eigenvalue weighted by Gasteiger charge is -2.23. The summed E-state index contributed by atoms with van der Waals surface area (Å²) in [7, 11) is 0. The van der Waals surface area contributed by atoms with E-state index >= 15 is 0 Å². The van der Waals surface area contributed by atoms with Gasteiger partial charge in [-0.15, -0.1) is 0 Å². The molecule has 1 atom stereocenters. The second-order valence-corrected chi connectivity index (χ2v) is 5.46. The number of rotatable bonds is 7. The first-order chi connectivity index (χ1) is 9.79. The molecule has 1 heterocycles. The summed E-state index contributed by atoms with van der Waals surface area (Å²) in [5.41, 5.74) is 6.71. The highest BCUT2D eigenvalue weighted by Gasteiger charge is 2.25. The van der Waals surface area contributed by atoms with Gasteiger partial charge in [0.2, 0.25) is 5.91 Å². The molecule has 110 valence electrons. The third-order valence-electron chi connectivity index (χ3n) is 3.92. The van der Waals surface area contributed by atoms with Crippen LogP contribution < -0.4 is 11.1 Å². The van der Waals surface area contributed by atoms with Crippen LogP contribution in [0, 0.1) is 0 Å². The topological polar surface area (TPSA) is 58.4 Å². The summed E-state index contributed by atoms with van der Waals surface area (Å²) in [6.45, 7) is 2.90. The van der Waals surface area contributed by atoms with Gasteiger partial charge in [-0.05, 0) is 44.3 Å². The molecule has 1 aromatic rings. The molecule has 0 saturated carbocycles. The summed E-state index contributed by atoms with van der Waals surface area (Å²) < 4.78 is 0. The smallest absolute Gasteiger partial charge is 0.234 e. The first kappa shape index (κ1) is 15.0. The van der Waals surface area contributed by atoms with Crippen LogP contribution in [0.15, 0.2) is 30.3 Å². The average Bonchev–Trinajstić information content (AvgIpc) is 2.91. The molecule has 1 aliphatic heterocycles. The van der Waals surface area contributed by atoms with E-state index in [9.17, 15) is 4.79 Å². The van der Waals surface area contributed by atoms with E-state index in [1.165, 1.54) is 12.8 Å². The molecule has 1 aromatic carbocycles. The van der Waals surface area contributed by atoms with Crippen LogP contribution in [0.3, 0.4) is 0 Å². The van der Waals surface area contributed by atoms with Gasteiger partial charge in [0, 0.05) is 12.6 Å². The highest BCUT2D eigenvalue weighted by atomic mass is 16.2. The lowest BCUT2D eigenvalue weighted by atomic mass is 10.1. The van der Waals surface area contributed by atoms with Crippen molar-refractivity contribution in [3.05, 3.63) is 35.9 Å². The number of carbonyl (C=O) groups is 1. The molecule has 1 unspecified atom stereocenters. The van der Waals surface area contributed by atoms with Gasteiger partial charge < -0.3 is 11.1 Å². The van der Waals surface area contributed by atoms with E-state index in [1.54, 1.807) is 0 Å². The van der Waals surface area contributed by atoms with Crippen LogP contribution in [0.25, 0.3) is 0 Å². The van der Waals surface area contributed by atoms with Crippen molar-refractivity contribution in [3.8, 4) is 0 Å². The van der Waals surface area contributed by atoms with Crippen LogP contribution in [0.4, 0.5) is 0 Å². The number of nitrogens with one attached hydrogen (secondary N) is 1. The molecular weight excluding hydrogens is 250 g/mol. The van der Waals surface area contributed by atoms with Crippen molar-refractivity contribution in [1.82, 2.24) is 10.2 Å². The zero-order valence-electron chi connectivity index (χ0n) is 12.1. The zero-order chi connectivity index (χ0) is 14.2. The fraction of sp³-hybridized carbons (Fsp3) is 0.562. The van der Waals surface area contributed by atoms with Gasteiger partial charge >= 0.3 is 0 Å². The molecular formula is C16H25N3O. The average molecular weight is 275 g/mol. The van der Waals surface area contributed by atoms with E-state index in [0.717, 1.165) is 31.5 Å². The Balaban J connectivity index is 1.73. The Morgan fingerprint density at radius 1 is 1.35 bits per heavy atom. The summed E-state index contributed by atoms with van der Waals surface area (Å²) >= 11 is 0. The van der Waals surface area contributed by atoms with Gasteiger partial charge in [0.15, 0.2) is 0 Å². The number of likely N-dealkylation sites (tertiary alicyclic amines) is 1. The minimum atomic E-state index is 0.119. The van der Waals surface area contributed by atoms with E-state index in [2.05, 4.69) is 10.2 Å². The Labute approximate surface area is 121 Å². The summed E-state index contributed by atoms with van der Waals surface area (Å²) in [5, 5.41) is 3.00. The molecule has 20 heavy (non-hydrogen) atoms. The highest BCUT2D eigenvalue weighted by molar-refractivity contribution is 5.78. The van der Waals surface area contributed by atoms with Crippen molar-refractivity contribution in [2.45, 2.75) is 38.3 Å². The maximum absolute atomic E-state index is 12.0. The number of nitrogens with zero attached hydrogens (tertiary/aromatic N) is 1. The van der Waals surface area contributed by atoms with Crippen LogP contribution in [0.1, 0.15) is 31.2 Å². The normalized spacial score (nSPS) is 19.1. The third kappa shape index (κ3) is 4.62. The molecule has 4 heteroatoms. The molecule has 0 bridgehead atoms. The van der Waals surface area contributed by atoms with E-state index in [0.29, 0.717) is 19.1 Å². The monoisotopic (exact) mass is 275 g/mol. The van der Waals surface area contributed by atoms with Gasteiger partial charge in [0.1, 0.15) is 0 Å². The Kier molecular flexibility index (Phi) is 6.02. The third-order valence-corrected chi connectivity index (χ3v) is 3.92. The number of hydrogen-bond acceptors (Lipinski definition) is 3. The number of hydrogen-bond donors (Lipinski definition) is 2. The van der Waals surface area contributed by atoms with Crippen molar-refractivity contribution >= 4 is 5.91 Å². The van der Waals surface area contributed by atoms with E-state index in [-0.39, 0.29) is 5.91 Å². The minimum absolute atomic E-state index is 0.119. The van der Waals surface area contributed by atoms with Crippen molar-refractivity contribution in [2.24, 2.45) is 5.73 Å². The molecule has 0 spiro atoms. The molecule has 1 fully saturated rings. The van der Waals surface area contributed by atoms with Gasteiger partial charge in [0.05, 0.1) is 6.54 Å². The predicted molar refractivity (Wildman–Crippen MR) is 81.2 cm³/mol. The van der Waals surface area contributed by atoms with Crippen molar-refractivity contribution in [3.63, 3.8) is 0 Å². The fourth-order valence-electron chi connectivity index (χ4n) is 2.82. The van der Waals surface area contributed by atoms with Crippen molar-refractivity contribution in [1.29, 1.82) is 0 Å². The first-order valence-corrected chi connectivity index (χ1v) is 7.54. The minimum Gasteiger partial charge on any atom is -0.351 e. The molecule has 1 saturated heterocycles. The standard InChI is InChI=1S/C16H25N3O/c17-10-4-8-15-9-5-11-19(15)13-16(20)18-12-14-6-2-1-3-7-14/h1-3,6-7,15H,4-5,8-13,17H2,(H,18,20). The zero-order valence-corrected chi connectivity index (χ0v) is 12.1. The van der Waals surface area contributed by atoms with Gasteiger partial charge in [0.25, 0.3) is 0 Å². The summed E-state index contributed by atoms with van der Waals surface area (Å²) in [4.78, 5) is 14.3. The Bertz CT molecular complexity index is 407. The molecule has 0 radical (unpaired) electrons. The van der Waals surface area contributed by atoms with Gasteiger partial charge in [-0.1, -0.05) is 30.3 Å². The Morgan fingerprint density at radius 3 is 2.90 bits per heavy atom. The van der Waals surface area contributed by atoms with Crippen LogP contribution in [0.5, 0.6) is 0 Å². The van der Waals surface area contributed by atoms with Crippen molar-refractivity contribution < 1.29 is 4.79 Å². The van der Waals surface area contributed by atoms with Crippen molar-refractivity contribution in [2.75, 3.05) is 19.6 Å². The molecule has 3 N–H and O–H groups in total. The molecule has 0 aromatic heterocycles. The Morgan fingerprint density at radius 2 is 2.15 bits per heavy atom. The first-order valence-electron chi connectivity index (χ1n) is 7.54. The van der Waals surface area contributed by atoms with Gasteiger partial charge in [-0.2, -0.15) is 0 Å².